The van der Waals surface area contributed by atoms with Crippen molar-refractivity contribution in [2.75, 3.05) is 7.11 Å². The number of hydrogen-bond donors (Lipinski definition) is 1. The molecule has 4 nitrogen and oxygen atoms in total. The number of alkyl halides is 5. The lowest BCUT2D eigenvalue weighted by atomic mass is 9.89. The van der Waals surface area contributed by atoms with E-state index in [0.717, 1.165) is 4.68 Å². The molecule has 0 saturated carbocycles. The summed E-state index contributed by atoms with van der Waals surface area (Å²) in [5, 5.41) is 13.1. The van der Waals surface area contributed by atoms with Gasteiger partial charge in [-0.25, -0.2) is 8.78 Å². The number of rotatable bonds is 4. The van der Waals surface area contributed by atoms with Crippen molar-refractivity contribution in [2.24, 2.45) is 0 Å². The Hall–Kier alpha value is -1.22. The Morgan fingerprint density at radius 2 is 2.09 bits per heavy atom. The number of ether oxygens (including phenoxy) is 1. The molecule has 0 spiro atoms. The third-order valence-electron chi connectivity index (χ3n) is 3.89. The predicted molar refractivity (Wildman–Crippen MR) is 66.5 cm³/mol. The van der Waals surface area contributed by atoms with E-state index in [9.17, 15) is 27.1 Å². The molecule has 1 aliphatic carbocycles. The van der Waals surface area contributed by atoms with Crippen LogP contribution in [0.2, 0.25) is 0 Å². The number of aryl methyl sites for hydroxylation is 1. The summed E-state index contributed by atoms with van der Waals surface area (Å²) in [6.07, 6.45) is -8.16. The molecular formula is C13H17F5N2O2. The van der Waals surface area contributed by atoms with Gasteiger partial charge in [0.15, 0.2) is 5.69 Å². The second-order valence-electron chi connectivity index (χ2n) is 5.43. The van der Waals surface area contributed by atoms with Gasteiger partial charge in [-0.15, -0.1) is 0 Å². The highest BCUT2D eigenvalue weighted by molar-refractivity contribution is 5.35. The van der Waals surface area contributed by atoms with Crippen LogP contribution < -0.4 is 0 Å². The van der Waals surface area contributed by atoms with Crippen LogP contribution in [0.3, 0.4) is 0 Å². The minimum Gasteiger partial charge on any atom is -0.382 e. The lowest BCUT2D eigenvalue weighted by Gasteiger charge is -2.28. The molecule has 0 amide bonds. The van der Waals surface area contributed by atoms with Crippen LogP contribution in [-0.4, -0.2) is 34.0 Å². The van der Waals surface area contributed by atoms with Crippen LogP contribution in [0, 0.1) is 0 Å². The Labute approximate surface area is 123 Å². The third-order valence-corrected chi connectivity index (χ3v) is 3.89. The van der Waals surface area contributed by atoms with Crippen LogP contribution in [-0.2, 0) is 23.9 Å². The van der Waals surface area contributed by atoms with E-state index in [-0.39, 0.29) is 24.8 Å². The molecule has 1 heterocycles. The molecule has 0 bridgehead atoms. The maximum Gasteiger partial charge on any atom is 0.435 e. The molecular weight excluding hydrogens is 311 g/mol. The zero-order valence-electron chi connectivity index (χ0n) is 12.1. The maximum absolute atomic E-state index is 13.5. The van der Waals surface area contributed by atoms with Gasteiger partial charge in [0.1, 0.15) is 6.10 Å². The Morgan fingerprint density at radius 3 is 2.64 bits per heavy atom. The van der Waals surface area contributed by atoms with Crippen molar-refractivity contribution < 1.29 is 31.8 Å². The number of nitrogens with zero attached hydrogens (tertiary/aromatic N) is 2. The van der Waals surface area contributed by atoms with E-state index < -0.39 is 35.9 Å². The second-order valence-corrected chi connectivity index (χ2v) is 5.43. The smallest absolute Gasteiger partial charge is 0.382 e. The minimum atomic E-state index is -4.89. The standard InChI is InChI=1S/C13H17F5N2O2/c1-7(22-2)4-6-20-8-3-5-12(14,15)11(21)9(8)10(19-20)13(16,17)18/h7,11,21H,3-6H2,1-2H3/t7?,11-/m0/s1. The van der Waals surface area contributed by atoms with Gasteiger partial charge in [-0.05, 0) is 19.8 Å². The van der Waals surface area contributed by atoms with Gasteiger partial charge in [-0.2, -0.15) is 18.3 Å². The van der Waals surface area contributed by atoms with Gasteiger partial charge in [-0.1, -0.05) is 0 Å². The van der Waals surface area contributed by atoms with Gasteiger partial charge in [0.25, 0.3) is 5.92 Å². The summed E-state index contributed by atoms with van der Waals surface area (Å²) >= 11 is 0. The van der Waals surface area contributed by atoms with Crippen LogP contribution in [0.4, 0.5) is 22.0 Å². The van der Waals surface area contributed by atoms with Gasteiger partial charge in [0.2, 0.25) is 0 Å². The molecule has 0 aliphatic heterocycles. The van der Waals surface area contributed by atoms with E-state index in [0.29, 0.717) is 6.42 Å². The van der Waals surface area contributed by atoms with E-state index in [2.05, 4.69) is 5.10 Å². The normalized spacial score (nSPS) is 22.5. The summed E-state index contributed by atoms with van der Waals surface area (Å²) in [7, 11) is 1.47. The molecule has 0 saturated heterocycles. The molecule has 2 atom stereocenters. The summed E-state index contributed by atoms with van der Waals surface area (Å²) in [6, 6.07) is 0. The number of aromatic nitrogens is 2. The molecule has 126 valence electrons. The molecule has 22 heavy (non-hydrogen) atoms. The number of hydrogen-bond acceptors (Lipinski definition) is 3. The summed E-state index contributed by atoms with van der Waals surface area (Å²) < 4.78 is 72.2. The highest BCUT2D eigenvalue weighted by Crippen LogP contribution is 2.46. The summed E-state index contributed by atoms with van der Waals surface area (Å²) in [5.74, 6) is -3.58. The van der Waals surface area contributed by atoms with Crippen LogP contribution in [0.1, 0.15) is 42.8 Å². The molecule has 0 fully saturated rings. The first-order valence-corrected chi connectivity index (χ1v) is 6.83. The highest BCUT2D eigenvalue weighted by atomic mass is 19.4. The van der Waals surface area contributed by atoms with Crippen molar-refractivity contribution in [3.8, 4) is 0 Å². The van der Waals surface area contributed by atoms with Crippen molar-refractivity contribution in [1.82, 2.24) is 9.78 Å². The fourth-order valence-corrected chi connectivity index (χ4v) is 2.51. The number of methoxy groups -OCH3 is 1. The van der Waals surface area contributed by atoms with Gasteiger partial charge in [0, 0.05) is 31.3 Å². The molecule has 1 aromatic rings. The second kappa shape index (κ2) is 5.77. The van der Waals surface area contributed by atoms with E-state index >= 15 is 0 Å². The van der Waals surface area contributed by atoms with Gasteiger partial charge < -0.3 is 9.84 Å². The van der Waals surface area contributed by atoms with Gasteiger partial charge in [0.05, 0.1) is 6.10 Å². The van der Waals surface area contributed by atoms with Crippen LogP contribution in [0.25, 0.3) is 0 Å². The zero-order chi connectivity index (χ0) is 16.7. The first-order chi connectivity index (χ1) is 10.1. The zero-order valence-corrected chi connectivity index (χ0v) is 12.1. The number of halogens is 5. The lowest BCUT2D eigenvalue weighted by molar-refractivity contribution is -0.150. The molecule has 0 radical (unpaired) electrons. The fraction of sp³-hybridized carbons (Fsp3) is 0.769. The van der Waals surface area contributed by atoms with Crippen molar-refractivity contribution in [3.63, 3.8) is 0 Å². The number of aliphatic hydroxyl groups excluding tert-OH is 1. The van der Waals surface area contributed by atoms with Crippen LogP contribution in [0.15, 0.2) is 0 Å². The van der Waals surface area contributed by atoms with Gasteiger partial charge in [-0.3, -0.25) is 4.68 Å². The SMILES string of the molecule is COC(C)CCn1nc(C(F)(F)F)c2c1CCC(F)(F)[C@H]2O. The quantitative estimate of drug-likeness (QED) is 0.865. The van der Waals surface area contributed by atoms with Crippen molar-refractivity contribution in [3.05, 3.63) is 17.0 Å². The molecule has 0 aromatic carbocycles. The molecule has 2 rings (SSSR count). The van der Waals surface area contributed by atoms with E-state index in [4.69, 9.17) is 4.74 Å². The Kier molecular flexibility index (Phi) is 4.49. The molecule has 1 N–H and O–H groups in total. The largest absolute Gasteiger partial charge is 0.435 e. The van der Waals surface area contributed by atoms with Crippen LogP contribution in [0.5, 0.6) is 0 Å². The maximum atomic E-state index is 13.5. The first-order valence-electron chi connectivity index (χ1n) is 6.83. The van der Waals surface area contributed by atoms with E-state index in [1.165, 1.54) is 7.11 Å². The van der Waals surface area contributed by atoms with Crippen molar-refractivity contribution >= 4 is 0 Å². The fourth-order valence-electron chi connectivity index (χ4n) is 2.51. The topological polar surface area (TPSA) is 47.3 Å². The average Bonchev–Trinajstić information content (AvgIpc) is 2.79. The number of fused-ring (bicyclic) bond motifs is 1. The monoisotopic (exact) mass is 328 g/mol. The van der Waals surface area contributed by atoms with Gasteiger partial charge >= 0.3 is 6.18 Å². The molecule has 9 heteroatoms. The molecule has 1 aromatic heterocycles. The average molecular weight is 328 g/mol. The van der Waals surface area contributed by atoms with E-state index in [1.807, 2.05) is 0 Å². The first kappa shape index (κ1) is 17.1. The lowest BCUT2D eigenvalue weighted by Crippen LogP contribution is -2.33. The number of aliphatic hydroxyl groups is 1. The van der Waals surface area contributed by atoms with Crippen LogP contribution >= 0.6 is 0 Å². The van der Waals surface area contributed by atoms with Crippen molar-refractivity contribution in [2.45, 2.75) is 57.0 Å². The summed E-state index contributed by atoms with van der Waals surface area (Å²) in [6.45, 7) is 1.84. The van der Waals surface area contributed by atoms with E-state index in [1.54, 1.807) is 6.92 Å². The minimum absolute atomic E-state index is 0.0223. The predicted octanol–water partition coefficient (Wildman–Crippen LogP) is 2.94. The summed E-state index contributed by atoms with van der Waals surface area (Å²) in [4.78, 5) is 0. The Balaban J connectivity index is 2.43. The molecule has 1 unspecified atom stereocenters. The Bertz CT molecular complexity index is 541. The molecule has 1 aliphatic rings. The summed E-state index contributed by atoms with van der Waals surface area (Å²) in [5.41, 5.74) is -2.21. The Morgan fingerprint density at radius 1 is 1.45 bits per heavy atom. The van der Waals surface area contributed by atoms with Crippen molar-refractivity contribution in [1.29, 1.82) is 0 Å². The highest BCUT2D eigenvalue weighted by Gasteiger charge is 2.51. The third kappa shape index (κ3) is 3.10.